The van der Waals surface area contributed by atoms with Gasteiger partial charge in [0.2, 0.25) is 0 Å². The molecule has 0 aliphatic heterocycles. The molecular formula is C19H32O2S. The van der Waals surface area contributed by atoms with Gasteiger partial charge in [-0.05, 0) is 50.4 Å². The Labute approximate surface area is 140 Å². The minimum Gasteiger partial charge on any atom is -0.463 e. The lowest BCUT2D eigenvalue weighted by Gasteiger charge is -2.22. The molecule has 1 atom stereocenters. The van der Waals surface area contributed by atoms with Crippen LogP contribution in [0.3, 0.4) is 0 Å². The molecule has 1 rings (SSSR count). The van der Waals surface area contributed by atoms with Gasteiger partial charge in [0.25, 0.3) is 0 Å². The molecule has 1 aliphatic rings. The number of ether oxygens (including phenoxy) is 1. The second-order valence-electron chi connectivity index (χ2n) is 6.94. The highest BCUT2D eigenvalue weighted by Crippen LogP contribution is 2.32. The third-order valence-corrected chi connectivity index (χ3v) is 5.66. The number of esters is 1. The van der Waals surface area contributed by atoms with Crippen molar-refractivity contribution in [3.8, 4) is 0 Å². The van der Waals surface area contributed by atoms with Crippen LogP contribution in [0.15, 0.2) is 23.3 Å². The van der Waals surface area contributed by atoms with Gasteiger partial charge in [-0.1, -0.05) is 45.3 Å². The van der Waals surface area contributed by atoms with Gasteiger partial charge in [0.1, 0.15) is 0 Å². The molecule has 0 saturated heterocycles. The van der Waals surface area contributed by atoms with Crippen LogP contribution in [0, 0.1) is 5.92 Å². The van der Waals surface area contributed by atoms with Crippen LogP contribution >= 0.6 is 11.8 Å². The van der Waals surface area contributed by atoms with Gasteiger partial charge in [0, 0.05) is 10.8 Å². The monoisotopic (exact) mass is 324 g/mol. The maximum absolute atomic E-state index is 11.5. The van der Waals surface area contributed by atoms with E-state index in [1.54, 1.807) is 6.08 Å². The van der Waals surface area contributed by atoms with Crippen molar-refractivity contribution in [3.05, 3.63) is 23.3 Å². The molecule has 0 saturated carbocycles. The van der Waals surface area contributed by atoms with E-state index >= 15 is 0 Å². The summed E-state index contributed by atoms with van der Waals surface area (Å²) in [5.74, 6) is 0.521. The van der Waals surface area contributed by atoms with Crippen LogP contribution < -0.4 is 0 Å². The van der Waals surface area contributed by atoms with Gasteiger partial charge in [-0.3, -0.25) is 0 Å². The van der Waals surface area contributed by atoms with Gasteiger partial charge in [0.05, 0.1) is 6.61 Å². The summed E-state index contributed by atoms with van der Waals surface area (Å²) >= 11 is 1.96. The highest BCUT2D eigenvalue weighted by Gasteiger charge is 2.17. The number of hydrogen-bond acceptors (Lipinski definition) is 3. The Balaban J connectivity index is 2.36. The average molecular weight is 325 g/mol. The lowest BCUT2D eigenvalue weighted by atomic mass is 9.93. The first kappa shape index (κ1) is 19.3. The third-order valence-electron chi connectivity index (χ3n) is 4.35. The van der Waals surface area contributed by atoms with Crippen molar-refractivity contribution < 1.29 is 9.53 Å². The van der Waals surface area contributed by atoms with Crippen molar-refractivity contribution in [2.24, 2.45) is 5.92 Å². The minimum atomic E-state index is -0.206. The summed E-state index contributed by atoms with van der Waals surface area (Å²) in [7, 11) is 0. The molecule has 0 spiro atoms. The number of carbonyl (C=O) groups excluding carboxylic acids is 1. The van der Waals surface area contributed by atoms with Crippen molar-refractivity contribution in [3.63, 3.8) is 0 Å². The fourth-order valence-corrected chi connectivity index (χ4v) is 3.20. The summed E-state index contributed by atoms with van der Waals surface area (Å²) in [5.41, 5.74) is 2.62. The fourth-order valence-electron chi connectivity index (χ4n) is 2.85. The van der Waals surface area contributed by atoms with Crippen molar-refractivity contribution in [1.29, 1.82) is 0 Å². The van der Waals surface area contributed by atoms with Gasteiger partial charge in [-0.2, -0.15) is 11.8 Å². The standard InChI is InChI=1S/C19H32O2S/c1-6-21-18(20)14-17-10-9-16(13-17)12-15(2)8-7-11-19(3,4)22-5/h13-15H,6-12H2,1-5H3. The van der Waals surface area contributed by atoms with Crippen LogP contribution in [0.2, 0.25) is 0 Å². The van der Waals surface area contributed by atoms with Gasteiger partial charge in [0.15, 0.2) is 0 Å². The van der Waals surface area contributed by atoms with Crippen molar-refractivity contribution in [1.82, 2.24) is 0 Å². The van der Waals surface area contributed by atoms with E-state index in [0.717, 1.165) is 24.3 Å². The van der Waals surface area contributed by atoms with Gasteiger partial charge >= 0.3 is 5.97 Å². The molecule has 0 aromatic carbocycles. The Bertz CT molecular complexity index is 421. The predicted molar refractivity (Wildman–Crippen MR) is 97.3 cm³/mol. The molecule has 22 heavy (non-hydrogen) atoms. The molecule has 1 unspecified atom stereocenters. The first-order chi connectivity index (χ1) is 10.4. The van der Waals surface area contributed by atoms with Crippen LogP contribution in [-0.2, 0) is 9.53 Å². The molecule has 2 nitrogen and oxygen atoms in total. The second-order valence-corrected chi connectivity index (χ2v) is 8.45. The summed E-state index contributed by atoms with van der Waals surface area (Å²) in [6.45, 7) is 9.29. The molecule has 1 aliphatic carbocycles. The summed E-state index contributed by atoms with van der Waals surface area (Å²) in [6, 6.07) is 0. The van der Waals surface area contributed by atoms with E-state index in [9.17, 15) is 4.79 Å². The molecule has 0 N–H and O–H groups in total. The van der Waals surface area contributed by atoms with Crippen molar-refractivity contribution >= 4 is 17.7 Å². The van der Waals surface area contributed by atoms with Gasteiger partial charge in [-0.25, -0.2) is 4.79 Å². The third kappa shape index (κ3) is 7.53. The average Bonchev–Trinajstić information content (AvgIpc) is 2.85. The quantitative estimate of drug-likeness (QED) is 0.412. The van der Waals surface area contributed by atoms with E-state index in [1.165, 1.54) is 31.3 Å². The molecular weight excluding hydrogens is 292 g/mol. The van der Waals surface area contributed by atoms with Gasteiger partial charge < -0.3 is 4.74 Å². The Morgan fingerprint density at radius 1 is 1.45 bits per heavy atom. The van der Waals surface area contributed by atoms with Crippen LogP contribution in [0.1, 0.15) is 66.2 Å². The molecule has 0 heterocycles. The second kappa shape index (κ2) is 9.44. The molecule has 0 amide bonds. The van der Waals surface area contributed by atoms with Crippen molar-refractivity contribution in [2.75, 3.05) is 12.9 Å². The number of rotatable bonds is 9. The zero-order valence-electron chi connectivity index (χ0n) is 14.9. The molecule has 0 aromatic rings. The first-order valence-electron chi connectivity index (χ1n) is 8.48. The maximum atomic E-state index is 11.5. The molecule has 0 bridgehead atoms. The lowest BCUT2D eigenvalue weighted by Crippen LogP contribution is -2.13. The molecule has 126 valence electrons. The summed E-state index contributed by atoms with van der Waals surface area (Å²) in [5, 5.41) is 0. The normalized spacial score (nSPS) is 18.4. The largest absolute Gasteiger partial charge is 0.463 e. The summed E-state index contributed by atoms with van der Waals surface area (Å²) in [4.78, 5) is 11.5. The fraction of sp³-hybridized carbons (Fsp3) is 0.737. The SMILES string of the molecule is CCOC(=O)C=C1C=C(CC(C)CCCC(C)(C)SC)CC1. The number of hydrogen-bond donors (Lipinski definition) is 0. The van der Waals surface area contributed by atoms with E-state index in [-0.39, 0.29) is 5.97 Å². The first-order valence-corrected chi connectivity index (χ1v) is 9.70. The highest BCUT2D eigenvalue weighted by molar-refractivity contribution is 7.99. The maximum Gasteiger partial charge on any atom is 0.331 e. The molecule has 0 aromatic heterocycles. The zero-order chi connectivity index (χ0) is 16.6. The van der Waals surface area contributed by atoms with Crippen LogP contribution in [0.5, 0.6) is 0 Å². The smallest absolute Gasteiger partial charge is 0.331 e. The van der Waals surface area contributed by atoms with E-state index < -0.39 is 0 Å². The minimum absolute atomic E-state index is 0.206. The topological polar surface area (TPSA) is 26.3 Å². The lowest BCUT2D eigenvalue weighted by molar-refractivity contribution is -0.137. The Morgan fingerprint density at radius 2 is 2.18 bits per heavy atom. The van der Waals surface area contributed by atoms with E-state index in [4.69, 9.17) is 4.74 Å². The number of thioether (sulfide) groups is 1. The molecule has 3 heteroatoms. The van der Waals surface area contributed by atoms with Crippen molar-refractivity contribution in [2.45, 2.75) is 71.0 Å². The number of allylic oxidation sites excluding steroid dienone is 3. The van der Waals surface area contributed by atoms with Crippen LogP contribution in [0.4, 0.5) is 0 Å². The molecule has 0 fully saturated rings. The summed E-state index contributed by atoms with van der Waals surface area (Å²) < 4.78 is 5.37. The van der Waals surface area contributed by atoms with E-state index in [1.807, 2.05) is 18.7 Å². The van der Waals surface area contributed by atoms with E-state index in [0.29, 0.717) is 11.4 Å². The van der Waals surface area contributed by atoms with E-state index in [2.05, 4.69) is 33.1 Å². The molecule has 0 radical (unpaired) electrons. The zero-order valence-corrected chi connectivity index (χ0v) is 15.7. The number of carbonyl (C=O) groups is 1. The predicted octanol–water partition coefficient (Wildman–Crippen LogP) is 5.53. The van der Waals surface area contributed by atoms with Crippen LogP contribution in [0.25, 0.3) is 0 Å². The Morgan fingerprint density at radius 3 is 2.82 bits per heavy atom. The summed E-state index contributed by atoms with van der Waals surface area (Å²) in [6.07, 6.45) is 13.2. The Hall–Kier alpha value is -0.700. The van der Waals surface area contributed by atoms with Crippen LogP contribution in [-0.4, -0.2) is 23.6 Å². The highest BCUT2D eigenvalue weighted by atomic mass is 32.2. The Kier molecular flexibility index (Phi) is 8.30. The van der Waals surface area contributed by atoms with Gasteiger partial charge in [-0.15, -0.1) is 0 Å².